The molecule has 1 atom stereocenters. The average Bonchev–Trinajstić information content (AvgIpc) is 3.35. The van der Waals surface area contributed by atoms with Gasteiger partial charge in [-0.25, -0.2) is 4.79 Å². The summed E-state index contributed by atoms with van der Waals surface area (Å²) >= 11 is 3.94. The molecule has 1 aliphatic carbocycles. The number of hydrogen-bond acceptors (Lipinski definition) is 9. The minimum Gasteiger partial charge on any atom is -0.462 e. The molecule has 0 aliphatic heterocycles. The van der Waals surface area contributed by atoms with Gasteiger partial charge >= 0.3 is 5.97 Å². The zero-order chi connectivity index (χ0) is 25.7. The van der Waals surface area contributed by atoms with E-state index in [0.717, 1.165) is 48.1 Å². The number of carbonyl (C=O) groups excluding carboxylic acids is 3. The molecule has 36 heavy (non-hydrogen) atoms. The number of benzene rings is 1. The van der Waals surface area contributed by atoms with E-state index >= 15 is 0 Å². The normalized spacial score (nSPS) is 13.9. The minimum atomic E-state index is -0.491. The molecule has 8 nitrogen and oxygen atoms in total. The zero-order valence-electron chi connectivity index (χ0n) is 20.4. The number of aromatic nitrogens is 2. The summed E-state index contributed by atoms with van der Waals surface area (Å²) in [5.41, 5.74) is 2.96. The fraction of sp³-hybridized carbons (Fsp3) is 0.400. The van der Waals surface area contributed by atoms with Gasteiger partial charge in [0.15, 0.2) is 4.34 Å². The number of carbonyl (C=O) groups is 3. The highest BCUT2D eigenvalue weighted by molar-refractivity contribution is 8.02. The van der Waals surface area contributed by atoms with E-state index in [4.69, 9.17) is 4.74 Å². The first-order valence-corrected chi connectivity index (χ1v) is 14.4. The van der Waals surface area contributed by atoms with Crippen molar-refractivity contribution in [1.82, 2.24) is 10.2 Å². The van der Waals surface area contributed by atoms with Crippen LogP contribution >= 0.6 is 34.4 Å². The van der Waals surface area contributed by atoms with Gasteiger partial charge in [0, 0.05) is 10.4 Å². The van der Waals surface area contributed by atoms with Crippen LogP contribution in [0.5, 0.6) is 0 Å². The van der Waals surface area contributed by atoms with Crippen molar-refractivity contribution in [3.63, 3.8) is 0 Å². The largest absolute Gasteiger partial charge is 0.462 e. The molecule has 4 rings (SSSR count). The lowest BCUT2D eigenvalue weighted by Gasteiger charge is -2.11. The summed E-state index contributed by atoms with van der Waals surface area (Å²) in [7, 11) is 0. The van der Waals surface area contributed by atoms with Crippen LogP contribution in [0.15, 0.2) is 28.6 Å². The van der Waals surface area contributed by atoms with Gasteiger partial charge in [0.25, 0.3) is 5.91 Å². The number of aryl methyl sites for hydroxylation is 2. The van der Waals surface area contributed by atoms with Gasteiger partial charge in [0.1, 0.15) is 5.00 Å². The molecule has 0 saturated heterocycles. The Morgan fingerprint density at radius 1 is 1.08 bits per heavy atom. The maximum atomic E-state index is 13.0. The molecule has 2 amide bonds. The van der Waals surface area contributed by atoms with Gasteiger partial charge < -0.3 is 10.1 Å². The Balaban J connectivity index is 1.42. The lowest BCUT2D eigenvalue weighted by atomic mass is 10.1. The third-order valence-corrected chi connectivity index (χ3v) is 9.03. The highest BCUT2D eigenvalue weighted by atomic mass is 32.2. The van der Waals surface area contributed by atoms with Gasteiger partial charge in [-0.05, 0) is 63.6 Å². The van der Waals surface area contributed by atoms with Crippen molar-refractivity contribution in [3.8, 4) is 0 Å². The predicted octanol–water partition coefficient (Wildman–Crippen LogP) is 5.73. The van der Waals surface area contributed by atoms with Gasteiger partial charge in [-0.15, -0.1) is 21.5 Å². The Morgan fingerprint density at radius 3 is 2.64 bits per heavy atom. The fourth-order valence-electron chi connectivity index (χ4n) is 3.97. The second-order valence-corrected chi connectivity index (χ2v) is 12.1. The summed E-state index contributed by atoms with van der Waals surface area (Å²) in [5, 5.41) is 14.3. The maximum absolute atomic E-state index is 13.0. The molecule has 2 N–H and O–H groups in total. The van der Waals surface area contributed by atoms with Crippen molar-refractivity contribution < 1.29 is 19.1 Å². The molecule has 1 unspecified atom stereocenters. The Bertz CT molecular complexity index is 1270. The number of nitrogens with one attached hydrogen (secondary N) is 2. The van der Waals surface area contributed by atoms with Gasteiger partial charge in [-0.2, -0.15) is 0 Å². The smallest absolute Gasteiger partial charge is 0.341 e. The molecule has 0 bridgehead atoms. The first kappa shape index (κ1) is 26.3. The summed E-state index contributed by atoms with van der Waals surface area (Å²) in [4.78, 5) is 39.5. The number of amides is 2. The summed E-state index contributed by atoms with van der Waals surface area (Å²) in [6.07, 6.45) is 4.97. The maximum Gasteiger partial charge on any atom is 0.341 e. The monoisotopic (exact) mass is 544 g/mol. The Labute approximate surface area is 222 Å². The van der Waals surface area contributed by atoms with Crippen LogP contribution in [0.3, 0.4) is 0 Å². The van der Waals surface area contributed by atoms with E-state index in [1.54, 1.807) is 19.9 Å². The highest BCUT2D eigenvalue weighted by Gasteiger charge is 2.28. The lowest BCUT2D eigenvalue weighted by molar-refractivity contribution is -0.115. The van der Waals surface area contributed by atoms with E-state index in [9.17, 15) is 14.4 Å². The number of rotatable bonds is 8. The molecular weight excluding hydrogens is 517 g/mol. The first-order valence-electron chi connectivity index (χ1n) is 11.9. The van der Waals surface area contributed by atoms with Crippen molar-refractivity contribution in [2.75, 3.05) is 17.2 Å². The third kappa shape index (κ3) is 6.13. The Hall–Kier alpha value is -2.76. The number of thiophene rings is 1. The van der Waals surface area contributed by atoms with Crippen molar-refractivity contribution in [1.29, 1.82) is 0 Å². The van der Waals surface area contributed by atoms with E-state index in [1.165, 1.54) is 34.4 Å². The number of esters is 1. The third-order valence-electron chi connectivity index (χ3n) is 5.80. The number of fused-ring (bicyclic) bond motifs is 1. The van der Waals surface area contributed by atoms with Crippen molar-refractivity contribution in [2.24, 2.45) is 0 Å². The summed E-state index contributed by atoms with van der Waals surface area (Å²) < 4.78 is 5.87. The van der Waals surface area contributed by atoms with Crippen molar-refractivity contribution >= 4 is 62.4 Å². The molecule has 2 aromatic heterocycles. The highest BCUT2D eigenvalue weighted by Crippen LogP contribution is 2.39. The second kappa shape index (κ2) is 12.0. The van der Waals surface area contributed by atoms with Crippen LogP contribution in [-0.4, -0.2) is 39.8 Å². The van der Waals surface area contributed by atoms with Gasteiger partial charge in [0.05, 0.1) is 17.4 Å². The van der Waals surface area contributed by atoms with Crippen LogP contribution in [-0.2, 0) is 22.4 Å². The molecule has 11 heteroatoms. The summed E-state index contributed by atoms with van der Waals surface area (Å²) in [6.45, 7) is 5.70. The average molecular weight is 545 g/mol. The lowest BCUT2D eigenvalue weighted by Crippen LogP contribution is -2.23. The molecule has 0 radical (unpaired) electrons. The topological polar surface area (TPSA) is 110 Å². The van der Waals surface area contributed by atoms with Crippen LogP contribution in [0.2, 0.25) is 0 Å². The van der Waals surface area contributed by atoms with Gasteiger partial charge in [-0.3, -0.25) is 14.9 Å². The van der Waals surface area contributed by atoms with E-state index in [0.29, 0.717) is 25.6 Å². The molecule has 0 saturated carbocycles. The molecule has 0 spiro atoms. The van der Waals surface area contributed by atoms with Gasteiger partial charge in [-0.1, -0.05) is 47.7 Å². The first-order chi connectivity index (χ1) is 17.4. The van der Waals surface area contributed by atoms with Crippen LogP contribution in [0, 0.1) is 6.92 Å². The molecule has 2 heterocycles. The van der Waals surface area contributed by atoms with Crippen LogP contribution in [0.25, 0.3) is 0 Å². The number of anilines is 2. The van der Waals surface area contributed by atoms with Crippen molar-refractivity contribution in [2.45, 2.75) is 62.5 Å². The predicted molar refractivity (Wildman–Crippen MR) is 145 cm³/mol. The molecule has 190 valence electrons. The SMILES string of the molecule is CCOC(=O)c1c(NC(=O)C(C)Sc2nnc(NC(=O)c3ccccc3C)s2)sc2c1CCCCC2. The standard InChI is InChI=1S/C25H28N4O4S3/c1-4-33-23(32)19-17-12-6-5-7-13-18(17)35-22(19)26-20(30)15(3)34-25-29-28-24(36-25)27-21(31)16-11-9-8-10-14(16)2/h8-11,15H,4-7,12-13H2,1-3H3,(H,26,30)(H,27,28,31). The summed E-state index contributed by atoms with van der Waals surface area (Å²) in [5.74, 6) is -0.871. The molecule has 1 aromatic carbocycles. The number of hydrogen-bond donors (Lipinski definition) is 2. The molecular formula is C25H28N4O4S3. The number of thioether (sulfide) groups is 1. The second-order valence-electron chi connectivity index (χ2n) is 8.38. The quantitative estimate of drug-likeness (QED) is 0.161. The van der Waals surface area contributed by atoms with E-state index in [2.05, 4.69) is 20.8 Å². The van der Waals surface area contributed by atoms with Crippen LogP contribution < -0.4 is 10.6 Å². The van der Waals surface area contributed by atoms with Crippen LogP contribution in [0.4, 0.5) is 10.1 Å². The van der Waals surface area contributed by atoms with E-state index in [-0.39, 0.29) is 24.4 Å². The van der Waals surface area contributed by atoms with Gasteiger partial charge in [0.2, 0.25) is 11.0 Å². The molecule has 1 aliphatic rings. The Morgan fingerprint density at radius 2 is 1.86 bits per heavy atom. The number of nitrogens with zero attached hydrogens (tertiary/aromatic N) is 2. The summed E-state index contributed by atoms with van der Waals surface area (Å²) in [6, 6.07) is 7.31. The molecule has 3 aromatic rings. The van der Waals surface area contributed by atoms with Crippen LogP contribution in [0.1, 0.15) is 69.8 Å². The zero-order valence-corrected chi connectivity index (χ0v) is 22.8. The minimum absolute atomic E-state index is 0.234. The van der Waals surface area contributed by atoms with Crippen molar-refractivity contribution in [3.05, 3.63) is 51.4 Å². The van der Waals surface area contributed by atoms with E-state index in [1.807, 2.05) is 25.1 Å². The Kier molecular flexibility index (Phi) is 8.76. The number of ether oxygens (including phenoxy) is 1. The van der Waals surface area contributed by atoms with E-state index < -0.39 is 5.25 Å². The fourth-order valence-corrected chi connectivity index (χ4v) is 7.14. The molecule has 0 fully saturated rings.